The van der Waals surface area contributed by atoms with Crippen LogP contribution >= 0.6 is 15.9 Å². The van der Waals surface area contributed by atoms with Gasteiger partial charge in [0.25, 0.3) is 0 Å². The van der Waals surface area contributed by atoms with E-state index in [1.165, 1.54) is 0 Å². The number of hydrogen-bond acceptors (Lipinski definition) is 8. The van der Waals surface area contributed by atoms with Crippen molar-refractivity contribution >= 4 is 40.0 Å². The molecule has 9 heteroatoms. The second-order valence-electron chi connectivity index (χ2n) is 5.67. The van der Waals surface area contributed by atoms with Crippen LogP contribution in [0.25, 0.3) is 0 Å². The maximum atomic E-state index is 5.39. The molecule has 1 aromatic heterocycles. The summed E-state index contributed by atoms with van der Waals surface area (Å²) in [7, 11) is 3.79. The molecule has 1 aromatic carbocycles. The fraction of sp³-hybridized carbons (Fsp3) is 0.375. The van der Waals surface area contributed by atoms with Gasteiger partial charge in [0.2, 0.25) is 17.8 Å². The zero-order chi connectivity index (χ0) is 17.6. The number of anilines is 3. The van der Waals surface area contributed by atoms with Gasteiger partial charge in [-0.2, -0.15) is 20.1 Å². The first kappa shape index (κ1) is 17.6. The smallest absolute Gasteiger partial charge is 0.250 e. The topological polar surface area (TPSA) is 78.8 Å². The number of benzene rings is 1. The van der Waals surface area contributed by atoms with Crippen molar-refractivity contribution in [2.24, 2.45) is 5.10 Å². The number of ether oxygens (including phenoxy) is 1. The molecular weight excluding hydrogens is 386 g/mol. The van der Waals surface area contributed by atoms with Crippen molar-refractivity contribution < 1.29 is 4.74 Å². The van der Waals surface area contributed by atoms with Gasteiger partial charge in [0, 0.05) is 31.7 Å². The highest BCUT2D eigenvalue weighted by atomic mass is 79.9. The lowest BCUT2D eigenvalue weighted by atomic mass is 10.2. The van der Waals surface area contributed by atoms with E-state index < -0.39 is 0 Å². The number of nitrogens with one attached hydrogen (secondary N) is 1. The van der Waals surface area contributed by atoms with Gasteiger partial charge in [-0.25, -0.2) is 5.43 Å². The first-order chi connectivity index (χ1) is 12.1. The molecule has 0 spiro atoms. The van der Waals surface area contributed by atoms with E-state index in [-0.39, 0.29) is 0 Å². The van der Waals surface area contributed by atoms with Crippen LogP contribution in [0.2, 0.25) is 0 Å². The standard InChI is InChI=1S/C16H20BrN7O/c1-23(2)15-19-14(20-16(21-15)24-7-9-25-10-8-24)22-18-11-12-3-5-13(17)6-4-12/h3-6,11H,7-10H2,1-2H3,(H,19,20,21,22). The van der Waals surface area contributed by atoms with Gasteiger partial charge in [-0.3, -0.25) is 0 Å². The second-order valence-corrected chi connectivity index (χ2v) is 6.59. The molecule has 1 saturated heterocycles. The molecule has 2 aromatic rings. The van der Waals surface area contributed by atoms with Crippen LogP contribution in [0.15, 0.2) is 33.8 Å². The van der Waals surface area contributed by atoms with Crippen molar-refractivity contribution in [3.63, 3.8) is 0 Å². The van der Waals surface area contributed by atoms with Gasteiger partial charge in [0.05, 0.1) is 19.4 Å². The van der Waals surface area contributed by atoms with E-state index in [9.17, 15) is 0 Å². The van der Waals surface area contributed by atoms with Gasteiger partial charge in [0.1, 0.15) is 0 Å². The third-order valence-corrected chi connectivity index (χ3v) is 4.08. The first-order valence-corrected chi connectivity index (χ1v) is 8.72. The Hall–Kier alpha value is -2.26. The molecule has 25 heavy (non-hydrogen) atoms. The quantitative estimate of drug-likeness (QED) is 0.601. The maximum Gasteiger partial charge on any atom is 0.250 e. The Balaban J connectivity index is 1.77. The number of hydrazone groups is 1. The van der Waals surface area contributed by atoms with E-state index in [0.717, 1.165) is 23.1 Å². The summed E-state index contributed by atoms with van der Waals surface area (Å²) in [6, 6.07) is 7.86. The van der Waals surface area contributed by atoms with Crippen LogP contribution in [-0.4, -0.2) is 61.6 Å². The van der Waals surface area contributed by atoms with Crippen LogP contribution in [0.3, 0.4) is 0 Å². The molecule has 1 aliphatic heterocycles. The average molecular weight is 406 g/mol. The van der Waals surface area contributed by atoms with Gasteiger partial charge in [-0.1, -0.05) is 28.1 Å². The Kier molecular flexibility index (Phi) is 5.77. The molecule has 0 saturated carbocycles. The Labute approximate surface area is 155 Å². The number of hydrogen-bond donors (Lipinski definition) is 1. The first-order valence-electron chi connectivity index (χ1n) is 7.92. The average Bonchev–Trinajstić information content (AvgIpc) is 2.64. The molecule has 0 atom stereocenters. The fourth-order valence-electron chi connectivity index (χ4n) is 2.22. The molecule has 2 heterocycles. The molecule has 0 radical (unpaired) electrons. The zero-order valence-electron chi connectivity index (χ0n) is 14.2. The molecule has 8 nitrogen and oxygen atoms in total. The van der Waals surface area contributed by atoms with E-state index in [2.05, 4.69) is 46.3 Å². The Morgan fingerprint density at radius 1 is 1.16 bits per heavy atom. The molecular formula is C16H20BrN7O. The van der Waals surface area contributed by atoms with E-state index >= 15 is 0 Å². The van der Waals surface area contributed by atoms with Crippen LogP contribution in [0, 0.1) is 0 Å². The number of morpholine rings is 1. The number of nitrogens with zero attached hydrogens (tertiary/aromatic N) is 6. The summed E-state index contributed by atoms with van der Waals surface area (Å²) in [5.74, 6) is 1.62. The summed E-state index contributed by atoms with van der Waals surface area (Å²) in [6.45, 7) is 2.87. The predicted octanol–water partition coefficient (Wildman–Crippen LogP) is 1.98. The maximum absolute atomic E-state index is 5.39. The van der Waals surface area contributed by atoms with Crippen LogP contribution < -0.4 is 15.2 Å². The van der Waals surface area contributed by atoms with Crippen LogP contribution in [-0.2, 0) is 4.74 Å². The molecule has 1 N–H and O–H groups in total. The van der Waals surface area contributed by atoms with E-state index in [1.807, 2.05) is 43.3 Å². The van der Waals surface area contributed by atoms with Crippen molar-refractivity contribution in [1.29, 1.82) is 0 Å². The van der Waals surface area contributed by atoms with Gasteiger partial charge in [-0.05, 0) is 17.7 Å². The Morgan fingerprint density at radius 3 is 2.56 bits per heavy atom. The van der Waals surface area contributed by atoms with Gasteiger partial charge >= 0.3 is 0 Å². The minimum Gasteiger partial charge on any atom is -0.378 e. The molecule has 0 bridgehead atoms. The van der Waals surface area contributed by atoms with E-state index in [0.29, 0.717) is 31.1 Å². The summed E-state index contributed by atoms with van der Waals surface area (Å²) < 4.78 is 6.41. The van der Waals surface area contributed by atoms with Gasteiger partial charge in [-0.15, -0.1) is 0 Å². The molecule has 1 aliphatic rings. The van der Waals surface area contributed by atoms with Crippen molar-refractivity contribution in [2.75, 3.05) is 55.6 Å². The predicted molar refractivity (Wildman–Crippen MR) is 103 cm³/mol. The lowest BCUT2D eigenvalue weighted by Gasteiger charge is -2.27. The van der Waals surface area contributed by atoms with Crippen molar-refractivity contribution in [1.82, 2.24) is 15.0 Å². The fourth-order valence-corrected chi connectivity index (χ4v) is 2.49. The van der Waals surface area contributed by atoms with Crippen LogP contribution in [0.1, 0.15) is 5.56 Å². The molecule has 3 rings (SSSR count). The lowest BCUT2D eigenvalue weighted by molar-refractivity contribution is 0.122. The monoisotopic (exact) mass is 405 g/mol. The van der Waals surface area contributed by atoms with E-state index in [4.69, 9.17) is 4.74 Å². The molecule has 0 amide bonds. The minimum absolute atomic E-state index is 0.411. The summed E-state index contributed by atoms with van der Waals surface area (Å²) >= 11 is 3.41. The third-order valence-electron chi connectivity index (χ3n) is 3.55. The van der Waals surface area contributed by atoms with Gasteiger partial charge < -0.3 is 14.5 Å². The van der Waals surface area contributed by atoms with Crippen molar-refractivity contribution in [2.45, 2.75) is 0 Å². The molecule has 1 fully saturated rings. The van der Waals surface area contributed by atoms with Crippen LogP contribution in [0.4, 0.5) is 17.8 Å². The van der Waals surface area contributed by atoms with Gasteiger partial charge in [0.15, 0.2) is 0 Å². The number of halogens is 1. The Morgan fingerprint density at radius 2 is 1.88 bits per heavy atom. The highest BCUT2D eigenvalue weighted by molar-refractivity contribution is 9.10. The lowest BCUT2D eigenvalue weighted by Crippen LogP contribution is -2.37. The third kappa shape index (κ3) is 4.86. The SMILES string of the molecule is CN(C)c1nc(NN=Cc2ccc(Br)cc2)nc(N2CCOCC2)n1. The zero-order valence-corrected chi connectivity index (χ0v) is 15.8. The Bertz CT molecular complexity index is 730. The molecule has 0 unspecified atom stereocenters. The van der Waals surface area contributed by atoms with Crippen molar-refractivity contribution in [3.05, 3.63) is 34.3 Å². The minimum atomic E-state index is 0.411. The normalized spacial score (nSPS) is 14.8. The van der Waals surface area contributed by atoms with E-state index in [1.54, 1.807) is 6.21 Å². The number of aromatic nitrogens is 3. The summed E-state index contributed by atoms with van der Waals surface area (Å²) in [4.78, 5) is 17.3. The van der Waals surface area contributed by atoms with Crippen LogP contribution in [0.5, 0.6) is 0 Å². The highest BCUT2D eigenvalue weighted by Gasteiger charge is 2.17. The summed E-state index contributed by atoms with van der Waals surface area (Å²) in [6.07, 6.45) is 1.72. The number of rotatable bonds is 5. The highest BCUT2D eigenvalue weighted by Crippen LogP contribution is 2.16. The molecule has 132 valence electrons. The summed E-state index contributed by atoms with van der Waals surface area (Å²) in [5.41, 5.74) is 3.87. The molecule has 0 aliphatic carbocycles. The largest absolute Gasteiger partial charge is 0.378 e. The second kappa shape index (κ2) is 8.21. The van der Waals surface area contributed by atoms with Crippen molar-refractivity contribution in [3.8, 4) is 0 Å². The summed E-state index contributed by atoms with van der Waals surface area (Å²) in [5, 5.41) is 4.22.